The minimum atomic E-state index is -3.59. The van der Waals surface area contributed by atoms with E-state index in [4.69, 9.17) is 23.2 Å². The summed E-state index contributed by atoms with van der Waals surface area (Å²) in [7, 11) is -3.59. The van der Waals surface area contributed by atoms with Crippen molar-refractivity contribution < 1.29 is 8.42 Å². The molecule has 0 bridgehead atoms. The van der Waals surface area contributed by atoms with Crippen molar-refractivity contribution in [2.75, 3.05) is 26.2 Å². The Morgan fingerprint density at radius 3 is 2.67 bits per heavy atom. The van der Waals surface area contributed by atoms with Gasteiger partial charge in [-0.25, -0.2) is 8.42 Å². The lowest BCUT2D eigenvalue weighted by Gasteiger charge is -2.25. The van der Waals surface area contributed by atoms with E-state index in [0.717, 1.165) is 32.4 Å². The van der Waals surface area contributed by atoms with Gasteiger partial charge in [0, 0.05) is 19.1 Å². The minimum Gasteiger partial charge on any atom is -0.299 e. The molecule has 1 aromatic carbocycles. The number of benzene rings is 1. The van der Waals surface area contributed by atoms with Crippen molar-refractivity contribution in [3.05, 3.63) is 28.2 Å². The third kappa shape index (κ3) is 2.94. The molecular formula is C14H18Cl2N2O2S. The highest BCUT2D eigenvalue weighted by Gasteiger charge is 2.35. The number of nitrogens with zero attached hydrogens (tertiary/aromatic N) is 2. The van der Waals surface area contributed by atoms with Crippen molar-refractivity contribution in [1.29, 1.82) is 0 Å². The van der Waals surface area contributed by atoms with Crippen LogP contribution >= 0.6 is 23.2 Å². The van der Waals surface area contributed by atoms with Gasteiger partial charge in [-0.2, -0.15) is 4.31 Å². The molecule has 1 aromatic rings. The SMILES string of the molecule is O=S(=O)(c1cccc(Cl)c1Cl)N1CCCN2CCCC2C1. The van der Waals surface area contributed by atoms with Crippen molar-refractivity contribution in [1.82, 2.24) is 9.21 Å². The van der Waals surface area contributed by atoms with E-state index in [1.54, 1.807) is 16.4 Å². The van der Waals surface area contributed by atoms with E-state index in [1.165, 1.54) is 6.07 Å². The molecule has 0 N–H and O–H groups in total. The number of halogens is 2. The van der Waals surface area contributed by atoms with Crippen LogP contribution in [0.5, 0.6) is 0 Å². The second-order valence-electron chi connectivity index (χ2n) is 5.60. The van der Waals surface area contributed by atoms with Gasteiger partial charge in [0.25, 0.3) is 0 Å². The number of rotatable bonds is 2. The first-order valence-electron chi connectivity index (χ1n) is 7.18. The molecule has 2 saturated heterocycles. The molecule has 2 fully saturated rings. The van der Waals surface area contributed by atoms with Crippen molar-refractivity contribution in [3.63, 3.8) is 0 Å². The molecule has 116 valence electrons. The van der Waals surface area contributed by atoms with Crippen LogP contribution in [0.4, 0.5) is 0 Å². The van der Waals surface area contributed by atoms with Crippen LogP contribution in [0.1, 0.15) is 19.3 Å². The maximum absolute atomic E-state index is 12.9. The zero-order chi connectivity index (χ0) is 15.0. The van der Waals surface area contributed by atoms with Crippen LogP contribution in [0.3, 0.4) is 0 Å². The van der Waals surface area contributed by atoms with Gasteiger partial charge in [0.2, 0.25) is 10.0 Å². The fourth-order valence-corrected chi connectivity index (χ4v) is 5.47. The Balaban J connectivity index is 1.92. The lowest BCUT2D eigenvalue weighted by atomic mass is 10.2. The topological polar surface area (TPSA) is 40.6 Å². The zero-order valence-corrected chi connectivity index (χ0v) is 14.0. The Labute approximate surface area is 135 Å². The molecular weight excluding hydrogens is 331 g/mol. The highest BCUT2D eigenvalue weighted by molar-refractivity contribution is 7.89. The van der Waals surface area contributed by atoms with E-state index < -0.39 is 10.0 Å². The van der Waals surface area contributed by atoms with Gasteiger partial charge in [-0.3, -0.25) is 4.90 Å². The molecule has 2 heterocycles. The average molecular weight is 349 g/mol. The normalized spacial score (nSPS) is 24.8. The molecule has 4 nitrogen and oxygen atoms in total. The Hall–Kier alpha value is -0.330. The van der Waals surface area contributed by atoms with Crippen molar-refractivity contribution in [2.24, 2.45) is 0 Å². The van der Waals surface area contributed by atoms with Crippen LogP contribution in [0.15, 0.2) is 23.1 Å². The van der Waals surface area contributed by atoms with Crippen LogP contribution in [-0.2, 0) is 10.0 Å². The van der Waals surface area contributed by atoms with Gasteiger partial charge < -0.3 is 0 Å². The highest BCUT2D eigenvalue weighted by atomic mass is 35.5. The van der Waals surface area contributed by atoms with Gasteiger partial charge >= 0.3 is 0 Å². The van der Waals surface area contributed by atoms with E-state index in [9.17, 15) is 8.42 Å². The van der Waals surface area contributed by atoms with Gasteiger partial charge in [-0.05, 0) is 44.5 Å². The third-order valence-corrected chi connectivity index (χ3v) is 7.14. The molecule has 0 aliphatic carbocycles. The number of hydrogen-bond acceptors (Lipinski definition) is 3. The third-order valence-electron chi connectivity index (χ3n) is 4.30. The Morgan fingerprint density at radius 1 is 1.10 bits per heavy atom. The van der Waals surface area contributed by atoms with Crippen LogP contribution < -0.4 is 0 Å². The fourth-order valence-electron chi connectivity index (χ4n) is 3.21. The van der Waals surface area contributed by atoms with Gasteiger partial charge in [-0.1, -0.05) is 29.3 Å². The van der Waals surface area contributed by atoms with Crippen molar-refractivity contribution in [3.8, 4) is 0 Å². The van der Waals surface area contributed by atoms with Crippen LogP contribution in [0.2, 0.25) is 10.0 Å². The molecule has 1 atom stereocenters. The van der Waals surface area contributed by atoms with E-state index >= 15 is 0 Å². The molecule has 7 heteroatoms. The summed E-state index contributed by atoms with van der Waals surface area (Å²) in [4.78, 5) is 2.51. The largest absolute Gasteiger partial charge is 0.299 e. The predicted octanol–water partition coefficient (Wildman–Crippen LogP) is 2.85. The quantitative estimate of drug-likeness (QED) is 0.824. The Kier molecular flexibility index (Phi) is 4.48. The smallest absolute Gasteiger partial charge is 0.244 e. The molecule has 0 amide bonds. The average Bonchev–Trinajstić information content (AvgIpc) is 2.78. The first-order chi connectivity index (χ1) is 10.00. The summed E-state index contributed by atoms with van der Waals surface area (Å²) in [5.74, 6) is 0. The fraction of sp³-hybridized carbons (Fsp3) is 0.571. The van der Waals surface area contributed by atoms with Crippen LogP contribution in [-0.4, -0.2) is 49.8 Å². The maximum atomic E-state index is 12.9. The van der Waals surface area contributed by atoms with Gasteiger partial charge in [0.15, 0.2) is 0 Å². The van der Waals surface area contributed by atoms with E-state index in [0.29, 0.717) is 19.1 Å². The molecule has 1 unspecified atom stereocenters. The standard InChI is InChI=1S/C14H18Cl2N2O2S/c15-12-5-1-6-13(14(12)16)21(19,20)18-9-3-8-17-7-2-4-11(17)10-18/h1,5-6,11H,2-4,7-10H2. The molecule has 0 spiro atoms. The Morgan fingerprint density at radius 2 is 1.86 bits per heavy atom. The zero-order valence-electron chi connectivity index (χ0n) is 11.6. The molecule has 2 aliphatic rings. The lowest BCUT2D eigenvalue weighted by Crippen LogP contribution is -2.39. The minimum absolute atomic E-state index is 0.114. The van der Waals surface area contributed by atoms with Gasteiger partial charge in [-0.15, -0.1) is 0 Å². The summed E-state index contributed by atoms with van der Waals surface area (Å²) in [6, 6.07) is 5.09. The summed E-state index contributed by atoms with van der Waals surface area (Å²) in [6.45, 7) is 3.14. The number of sulfonamides is 1. The maximum Gasteiger partial charge on any atom is 0.244 e. The second-order valence-corrected chi connectivity index (χ2v) is 8.29. The van der Waals surface area contributed by atoms with E-state index in [-0.39, 0.29) is 14.9 Å². The molecule has 0 aromatic heterocycles. The van der Waals surface area contributed by atoms with Gasteiger partial charge in [0.05, 0.1) is 10.0 Å². The number of hydrogen-bond donors (Lipinski definition) is 0. The summed E-state index contributed by atoms with van der Waals surface area (Å²) < 4.78 is 27.3. The summed E-state index contributed by atoms with van der Waals surface area (Å²) in [5.41, 5.74) is 0. The molecule has 0 saturated carbocycles. The van der Waals surface area contributed by atoms with Crippen molar-refractivity contribution in [2.45, 2.75) is 30.2 Å². The molecule has 2 aliphatic heterocycles. The second kappa shape index (κ2) is 6.05. The molecule has 0 radical (unpaired) electrons. The van der Waals surface area contributed by atoms with E-state index in [2.05, 4.69) is 4.90 Å². The van der Waals surface area contributed by atoms with Crippen LogP contribution in [0.25, 0.3) is 0 Å². The first-order valence-corrected chi connectivity index (χ1v) is 9.38. The molecule has 21 heavy (non-hydrogen) atoms. The monoisotopic (exact) mass is 348 g/mol. The Bertz CT molecular complexity index is 636. The highest BCUT2D eigenvalue weighted by Crippen LogP contribution is 2.32. The summed E-state index contributed by atoms with van der Waals surface area (Å²) >= 11 is 12.1. The summed E-state index contributed by atoms with van der Waals surface area (Å²) in [6.07, 6.45) is 3.07. The first kappa shape index (κ1) is 15.6. The van der Waals surface area contributed by atoms with Crippen LogP contribution in [0, 0.1) is 0 Å². The molecule has 3 rings (SSSR count). The van der Waals surface area contributed by atoms with Crippen molar-refractivity contribution >= 4 is 33.2 Å². The van der Waals surface area contributed by atoms with Gasteiger partial charge in [0.1, 0.15) is 4.90 Å². The lowest BCUT2D eigenvalue weighted by molar-refractivity contribution is 0.257. The summed E-state index contributed by atoms with van der Waals surface area (Å²) in [5, 5.41) is 0.391. The van der Waals surface area contributed by atoms with E-state index in [1.807, 2.05) is 0 Å². The number of fused-ring (bicyclic) bond motifs is 1. The predicted molar refractivity (Wildman–Crippen MR) is 84.4 cm³/mol.